The first-order chi connectivity index (χ1) is 13.2. The van der Waals surface area contributed by atoms with E-state index < -0.39 is 0 Å². The van der Waals surface area contributed by atoms with Gasteiger partial charge in [-0.3, -0.25) is 0 Å². The van der Waals surface area contributed by atoms with Crippen molar-refractivity contribution in [3.63, 3.8) is 0 Å². The van der Waals surface area contributed by atoms with Crippen LogP contribution in [0.25, 0.3) is 11.0 Å². The number of fused-ring (bicyclic) bond motifs is 1. The number of rotatable bonds is 3. The second kappa shape index (κ2) is 7.48. The van der Waals surface area contributed by atoms with Gasteiger partial charge in [0.15, 0.2) is 0 Å². The van der Waals surface area contributed by atoms with Gasteiger partial charge in [0.25, 0.3) is 0 Å². The summed E-state index contributed by atoms with van der Waals surface area (Å²) in [6.45, 7) is 4.86. The van der Waals surface area contributed by atoms with E-state index in [2.05, 4.69) is 32.1 Å². The third-order valence-electron chi connectivity index (χ3n) is 4.83. The summed E-state index contributed by atoms with van der Waals surface area (Å²) in [7, 11) is 0. The number of aromatic amines is 1. The van der Waals surface area contributed by atoms with Crippen molar-refractivity contribution < 1.29 is 4.79 Å². The minimum atomic E-state index is -0.0569. The van der Waals surface area contributed by atoms with E-state index in [9.17, 15) is 4.79 Å². The van der Waals surface area contributed by atoms with Crippen LogP contribution in [-0.2, 0) is 0 Å². The standard InChI is InChI=1S/C19H22N6OS/c1-13-11-20-17-16(13)18(22-12-21-17)24-6-8-25(9-7-24)19(26)23-14-4-3-5-15(10-14)27-2/h3-5,10-12H,6-9H2,1-2H3,(H,23,26)(H,20,21,22). The maximum Gasteiger partial charge on any atom is 0.321 e. The summed E-state index contributed by atoms with van der Waals surface area (Å²) in [6, 6.07) is 7.84. The molecule has 1 aliphatic heterocycles. The van der Waals surface area contributed by atoms with E-state index in [4.69, 9.17) is 0 Å². The van der Waals surface area contributed by atoms with Crippen molar-refractivity contribution >= 4 is 40.3 Å². The van der Waals surface area contributed by atoms with Crippen LogP contribution < -0.4 is 10.2 Å². The molecule has 8 heteroatoms. The first-order valence-corrected chi connectivity index (χ1v) is 10.1. The summed E-state index contributed by atoms with van der Waals surface area (Å²) >= 11 is 1.66. The van der Waals surface area contributed by atoms with Gasteiger partial charge in [-0.2, -0.15) is 0 Å². The molecule has 3 aromatic rings. The highest BCUT2D eigenvalue weighted by atomic mass is 32.2. The Morgan fingerprint density at radius 2 is 2.04 bits per heavy atom. The second-order valence-corrected chi connectivity index (χ2v) is 7.41. The van der Waals surface area contributed by atoms with Crippen LogP contribution >= 0.6 is 11.8 Å². The molecule has 0 radical (unpaired) electrons. The Morgan fingerprint density at radius 1 is 1.22 bits per heavy atom. The van der Waals surface area contributed by atoms with Gasteiger partial charge in [0, 0.05) is 43.0 Å². The Hall–Kier alpha value is -2.74. The molecule has 4 rings (SSSR count). The fourth-order valence-electron chi connectivity index (χ4n) is 3.36. The van der Waals surface area contributed by atoms with E-state index in [1.54, 1.807) is 18.1 Å². The van der Waals surface area contributed by atoms with Crippen LogP contribution in [0.1, 0.15) is 5.56 Å². The van der Waals surface area contributed by atoms with Crippen molar-refractivity contribution in [3.05, 3.63) is 42.4 Å². The molecule has 2 amide bonds. The average Bonchev–Trinajstić information content (AvgIpc) is 3.09. The Morgan fingerprint density at radius 3 is 2.81 bits per heavy atom. The lowest BCUT2D eigenvalue weighted by atomic mass is 10.2. The number of urea groups is 1. The summed E-state index contributed by atoms with van der Waals surface area (Å²) < 4.78 is 0. The number of carbonyl (C=O) groups excluding carboxylic acids is 1. The largest absolute Gasteiger partial charge is 0.352 e. The van der Waals surface area contributed by atoms with Gasteiger partial charge in [0.1, 0.15) is 17.8 Å². The van der Waals surface area contributed by atoms with Crippen LogP contribution in [0.3, 0.4) is 0 Å². The zero-order chi connectivity index (χ0) is 18.8. The lowest BCUT2D eigenvalue weighted by molar-refractivity contribution is 0.208. The Kier molecular flexibility index (Phi) is 4.89. The second-order valence-electron chi connectivity index (χ2n) is 6.53. The van der Waals surface area contributed by atoms with Gasteiger partial charge < -0.3 is 20.1 Å². The highest BCUT2D eigenvalue weighted by Crippen LogP contribution is 2.26. The summed E-state index contributed by atoms with van der Waals surface area (Å²) in [4.78, 5) is 29.8. The SMILES string of the molecule is CSc1cccc(NC(=O)N2CCN(c3ncnc4[nH]cc(C)c34)CC2)c1. The fraction of sp³-hybridized carbons (Fsp3) is 0.316. The molecule has 0 bridgehead atoms. The highest BCUT2D eigenvalue weighted by molar-refractivity contribution is 7.98. The van der Waals surface area contributed by atoms with Crippen molar-refractivity contribution in [2.75, 3.05) is 42.7 Å². The molecular formula is C19H22N6OS. The van der Waals surface area contributed by atoms with Crippen molar-refractivity contribution in [2.45, 2.75) is 11.8 Å². The number of hydrogen-bond acceptors (Lipinski definition) is 5. The van der Waals surface area contributed by atoms with E-state index >= 15 is 0 Å². The van der Waals surface area contributed by atoms with Crippen LogP contribution in [-0.4, -0.2) is 58.3 Å². The summed E-state index contributed by atoms with van der Waals surface area (Å²) in [5.74, 6) is 0.937. The molecule has 0 atom stereocenters. The molecule has 0 saturated carbocycles. The number of hydrogen-bond donors (Lipinski definition) is 2. The topological polar surface area (TPSA) is 77.2 Å². The molecule has 2 N–H and O–H groups in total. The first-order valence-electron chi connectivity index (χ1n) is 8.89. The van der Waals surface area contributed by atoms with Crippen LogP contribution in [0.15, 0.2) is 41.7 Å². The normalized spacial score (nSPS) is 14.6. The predicted molar refractivity (Wildman–Crippen MR) is 110 cm³/mol. The number of aromatic nitrogens is 3. The molecule has 0 aliphatic carbocycles. The van der Waals surface area contributed by atoms with Gasteiger partial charge in [0.2, 0.25) is 0 Å². The van der Waals surface area contributed by atoms with E-state index in [-0.39, 0.29) is 6.03 Å². The van der Waals surface area contributed by atoms with Crippen molar-refractivity contribution in [1.82, 2.24) is 19.9 Å². The number of H-pyrrole nitrogens is 1. The third kappa shape index (κ3) is 3.57. The minimum Gasteiger partial charge on any atom is -0.352 e. The lowest BCUT2D eigenvalue weighted by Crippen LogP contribution is -2.50. The number of aryl methyl sites for hydroxylation is 1. The number of thioether (sulfide) groups is 1. The summed E-state index contributed by atoms with van der Waals surface area (Å²) in [5, 5.41) is 4.06. The average molecular weight is 382 g/mol. The van der Waals surface area contributed by atoms with Crippen molar-refractivity contribution in [3.8, 4) is 0 Å². The number of nitrogens with zero attached hydrogens (tertiary/aromatic N) is 4. The smallest absolute Gasteiger partial charge is 0.321 e. The van der Waals surface area contributed by atoms with E-state index in [1.165, 1.54) is 0 Å². The summed E-state index contributed by atoms with van der Waals surface area (Å²) in [5.41, 5.74) is 2.82. The maximum absolute atomic E-state index is 12.6. The number of piperazine rings is 1. The van der Waals surface area contributed by atoms with Gasteiger partial charge in [-0.25, -0.2) is 14.8 Å². The molecule has 140 valence electrons. The van der Waals surface area contributed by atoms with Crippen LogP contribution in [0.2, 0.25) is 0 Å². The molecule has 0 spiro atoms. The lowest BCUT2D eigenvalue weighted by Gasteiger charge is -2.35. The number of amides is 2. The molecule has 1 aliphatic rings. The maximum atomic E-state index is 12.6. The number of benzene rings is 1. The zero-order valence-corrected chi connectivity index (χ0v) is 16.2. The van der Waals surface area contributed by atoms with Gasteiger partial charge in [-0.05, 0) is 36.9 Å². The van der Waals surface area contributed by atoms with Crippen molar-refractivity contribution in [2.24, 2.45) is 0 Å². The quantitative estimate of drug-likeness (QED) is 0.680. The fourth-order valence-corrected chi connectivity index (χ4v) is 3.82. The van der Waals surface area contributed by atoms with Crippen LogP contribution in [0, 0.1) is 6.92 Å². The Labute approximate surface area is 162 Å². The molecule has 1 aromatic carbocycles. The van der Waals surface area contributed by atoms with Gasteiger partial charge in [-0.15, -0.1) is 11.8 Å². The first kappa shape index (κ1) is 17.7. The number of nitrogens with one attached hydrogen (secondary N) is 2. The van der Waals surface area contributed by atoms with Gasteiger partial charge in [-0.1, -0.05) is 6.07 Å². The zero-order valence-electron chi connectivity index (χ0n) is 15.4. The Bertz CT molecular complexity index is 964. The molecule has 0 unspecified atom stereocenters. The minimum absolute atomic E-state index is 0.0569. The van der Waals surface area contributed by atoms with Gasteiger partial charge >= 0.3 is 6.03 Å². The predicted octanol–water partition coefficient (Wildman–Crippen LogP) is 3.34. The molecule has 7 nitrogen and oxygen atoms in total. The number of carbonyl (C=O) groups is 1. The number of anilines is 2. The van der Waals surface area contributed by atoms with Crippen LogP contribution in [0.5, 0.6) is 0 Å². The monoisotopic (exact) mass is 382 g/mol. The van der Waals surface area contributed by atoms with E-state index in [1.807, 2.05) is 41.6 Å². The van der Waals surface area contributed by atoms with Crippen LogP contribution in [0.4, 0.5) is 16.3 Å². The Balaban J connectivity index is 1.42. The summed E-state index contributed by atoms with van der Waals surface area (Å²) in [6.07, 6.45) is 5.57. The van der Waals surface area contributed by atoms with Crippen molar-refractivity contribution in [1.29, 1.82) is 0 Å². The van der Waals surface area contributed by atoms with Gasteiger partial charge in [0.05, 0.1) is 5.39 Å². The molecule has 1 saturated heterocycles. The molecule has 3 heterocycles. The van der Waals surface area contributed by atoms with E-state index in [0.29, 0.717) is 13.1 Å². The van der Waals surface area contributed by atoms with E-state index in [0.717, 1.165) is 46.1 Å². The molecule has 27 heavy (non-hydrogen) atoms. The molecule has 2 aromatic heterocycles. The third-order valence-corrected chi connectivity index (χ3v) is 5.56. The molecule has 1 fully saturated rings. The highest BCUT2D eigenvalue weighted by Gasteiger charge is 2.24. The molecular weight excluding hydrogens is 360 g/mol.